The van der Waals surface area contributed by atoms with Crippen molar-refractivity contribution in [3.05, 3.63) is 62.8 Å². The summed E-state index contributed by atoms with van der Waals surface area (Å²) in [6.07, 6.45) is 1.50. The van der Waals surface area contributed by atoms with Gasteiger partial charge in [0.1, 0.15) is 16.9 Å². The van der Waals surface area contributed by atoms with E-state index in [-0.39, 0.29) is 17.3 Å². The molecule has 26 heavy (non-hydrogen) atoms. The summed E-state index contributed by atoms with van der Waals surface area (Å²) in [6.45, 7) is 3.24. The highest BCUT2D eigenvalue weighted by Crippen LogP contribution is 2.38. The number of allylic oxidation sites excluding steroid dienone is 1. The number of ketones is 1. The Balaban J connectivity index is 1.97. The number of esters is 1. The molecule has 1 heterocycles. The molecule has 3 rings (SSSR count). The molecule has 7 heteroatoms. The van der Waals surface area contributed by atoms with Crippen LogP contribution in [0.3, 0.4) is 0 Å². The van der Waals surface area contributed by atoms with Gasteiger partial charge in [-0.05, 0) is 43.7 Å². The van der Waals surface area contributed by atoms with Crippen molar-refractivity contribution in [2.75, 3.05) is 0 Å². The third-order valence-electron chi connectivity index (χ3n) is 3.76. The van der Waals surface area contributed by atoms with Gasteiger partial charge in [0, 0.05) is 21.7 Å². The maximum absolute atomic E-state index is 12.7. The minimum absolute atomic E-state index is 0.0901. The standard InChI is InChI=1S/C19H13Cl3O4/c1-9-6-11(25-19(24)10(2)20)7-15-17(9)18(23)16(26-15)8-12-13(21)4-3-5-14(12)22/h3-8,10H,1-2H3/b16-8-. The van der Waals surface area contributed by atoms with Crippen molar-refractivity contribution in [3.8, 4) is 11.5 Å². The number of halogens is 3. The van der Waals surface area contributed by atoms with Crippen LogP contribution in [0.25, 0.3) is 6.08 Å². The number of aryl methyl sites for hydroxylation is 1. The third kappa shape index (κ3) is 3.58. The number of alkyl halides is 1. The van der Waals surface area contributed by atoms with E-state index < -0.39 is 11.3 Å². The number of hydrogen-bond acceptors (Lipinski definition) is 4. The van der Waals surface area contributed by atoms with Gasteiger partial charge in [-0.2, -0.15) is 0 Å². The van der Waals surface area contributed by atoms with E-state index in [1.54, 1.807) is 31.2 Å². The van der Waals surface area contributed by atoms with Crippen molar-refractivity contribution in [2.45, 2.75) is 19.2 Å². The minimum atomic E-state index is -0.788. The topological polar surface area (TPSA) is 52.6 Å². The molecular weight excluding hydrogens is 399 g/mol. The van der Waals surface area contributed by atoms with Crippen LogP contribution >= 0.6 is 34.8 Å². The smallest absolute Gasteiger partial charge is 0.329 e. The summed E-state index contributed by atoms with van der Waals surface area (Å²) in [5.74, 6) is -0.239. The summed E-state index contributed by atoms with van der Waals surface area (Å²) in [7, 11) is 0. The molecule has 1 unspecified atom stereocenters. The molecule has 0 N–H and O–H groups in total. The Morgan fingerprint density at radius 3 is 2.50 bits per heavy atom. The molecule has 0 saturated heterocycles. The van der Waals surface area contributed by atoms with E-state index in [4.69, 9.17) is 44.3 Å². The molecule has 1 aliphatic heterocycles. The van der Waals surface area contributed by atoms with Gasteiger partial charge >= 0.3 is 5.97 Å². The normalized spacial score (nSPS) is 15.6. The highest BCUT2D eigenvalue weighted by atomic mass is 35.5. The number of benzene rings is 2. The average Bonchev–Trinajstić information content (AvgIpc) is 2.87. The molecule has 0 aromatic heterocycles. The van der Waals surface area contributed by atoms with E-state index in [1.165, 1.54) is 19.1 Å². The van der Waals surface area contributed by atoms with Gasteiger partial charge in [-0.15, -0.1) is 11.6 Å². The first-order valence-electron chi connectivity index (χ1n) is 7.66. The van der Waals surface area contributed by atoms with Crippen LogP contribution in [0.15, 0.2) is 36.1 Å². The first kappa shape index (κ1) is 18.8. The summed E-state index contributed by atoms with van der Waals surface area (Å²) in [4.78, 5) is 24.3. The molecule has 4 nitrogen and oxygen atoms in total. The Labute approximate surface area is 165 Å². The van der Waals surface area contributed by atoms with Gasteiger partial charge in [0.15, 0.2) is 5.76 Å². The van der Waals surface area contributed by atoms with Crippen LogP contribution in [-0.4, -0.2) is 17.1 Å². The van der Waals surface area contributed by atoms with Crippen molar-refractivity contribution in [1.82, 2.24) is 0 Å². The van der Waals surface area contributed by atoms with Gasteiger partial charge in [0.05, 0.1) is 5.56 Å². The van der Waals surface area contributed by atoms with Crippen LogP contribution in [0.2, 0.25) is 10.0 Å². The lowest BCUT2D eigenvalue weighted by molar-refractivity contribution is -0.133. The Hall–Kier alpha value is -2.01. The van der Waals surface area contributed by atoms with Gasteiger partial charge in [0.25, 0.3) is 0 Å². The molecule has 1 atom stereocenters. The second-order valence-corrected chi connectivity index (χ2v) is 7.19. The quantitative estimate of drug-likeness (QED) is 0.292. The van der Waals surface area contributed by atoms with E-state index in [9.17, 15) is 9.59 Å². The minimum Gasteiger partial charge on any atom is -0.452 e. The molecule has 0 fully saturated rings. The molecule has 1 aliphatic rings. The van der Waals surface area contributed by atoms with Crippen LogP contribution < -0.4 is 9.47 Å². The van der Waals surface area contributed by atoms with E-state index in [2.05, 4.69) is 0 Å². The second-order valence-electron chi connectivity index (χ2n) is 5.73. The SMILES string of the molecule is Cc1cc(OC(=O)C(C)Cl)cc2c1C(=O)/C(=C/c1c(Cl)cccc1Cl)O2. The van der Waals surface area contributed by atoms with Crippen LogP contribution in [0.4, 0.5) is 0 Å². The predicted octanol–water partition coefficient (Wildman–Crippen LogP) is 5.45. The average molecular weight is 412 g/mol. The molecule has 0 radical (unpaired) electrons. The van der Waals surface area contributed by atoms with Crippen LogP contribution in [0, 0.1) is 6.92 Å². The number of rotatable bonds is 3. The number of carbonyl (C=O) groups is 2. The second kappa shape index (κ2) is 7.31. The number of hydrogen-bond donors (Lipinski definition) is 0. The monoisotopic (exact) mass is 410 g/mol. The molecule has 0 spiro atoms. The van der Waals surface area contributed by atoms with Gasteiger partial charge in [-0.3, -0.25) is 9.59 Å². The highest BCUT2D eigenvalue weighted by molar-refractivity contribution is 6.37. The molecule has 134 valence electrons. The zero-order valence-electron chi connectivity index (χ0n) is 13.8. The fourth-order valence-electron chi connectivity index (χ4n) is 2.51. The zero-order valence-corrected chi connectivity index (χ0v) is 16.1. The van der Waals surface area contributed by atoms with Crippen molar-refractivity contribution in [2.24, 2.45) is 0 Å². The maximum Gasteiger partial charge on any atom is 0.329 e. The maximum atomic E-state index is 12.7. The first-order chi connectivity index (χ1) is 12.3. The lowest BCUT2D eigenvalue weighted by Gasteiger charge is -2.08. The fourth-order valence-corrected chi connectivity index (χ4v) is 3.06. The Morgan fingerprint density at radius 1 is 1.23 bits per heavy atom. The fraction of sp³-hybridized carbons (Fsp3) is 0.158. The number of Topliss-reactive ketones (excluding diaryl/α,β-unsaturated/α-hetero) is 1. The molecule has 0 aliphatic carbocycles. The summed E-state index contributed by atoms with van der Waals surface area (Å²) in [5, 5.41) is 0.0172. The molecular formula is C19H13Cl3O4. The lowest BCUT2D eigenvalue weighted by atomic mass is 10.0. The number of fused-ring (bicyclic) bond motifs is 1. The zero-order chi connectivity index (χ0) is 19.0. The third-order valence-corrected chi connectivity index (χ3v) is 4.60. The van der Waals surface area contributed by atoms with Crippen molar-refractivity contribution < 1.29 is 19.1 Å². The van der Waals surface area contributed by atoms with E-state index in [0.717, 1.165) is 0 Å². The molecule has 0 amide bonds. The van der Waals surface area contributed by atoms with E-state index in [1.807, 2.05) is 0 Å². The van der Waals surface area contributed by atoms with E-state index >= 15 is 0 Å². The highest BCUT2D eigenvalue weighted by Gasteiger charge is 2.31. The van der Waals surface area contributed by atoms with Crippen molar-refractivity contribution in [3.63, 3.8) is 0 Å². The predicted molar refractivity (Wildman–Crippen MR) is 102 cm³/mol. The number of carbonyl (C=O) groups excluding carboxylic acids is 2. The molecule has 2 aromatic carbocycles. The molecule has 2 aromatic rings. The van der Waals surface area contributed by atoms with Crippen LogP contribution in [0.5, 0.6) is 11.5 Å². The van der Waals surface area contributed by atoms with Gasteiger partial charge in [-0.25, -0.2) is 0 Å². The van der Waals surface area contributed by atoms with E-state index in [0.29, 0.717) is 32.5 Å². The summed E-state index contributed by atoms with van der Waals surface area (Å²) in [6, 6.07) is 8.11. The Kier molecular flexibility index (Phi) is 5.28. The Bertz CT molecular complexity index is 928. The summed E-state index contributed by atoms with van der Waals surface area (Å²) in [5.41, 5.74) is 1.51. The summed E-state index contributed by atoms with van der Waals surface area (Å²) >= 11 is 18.0. The first-order valence-corrected chi connectivity index (χ1v) is 8.86. The van der Waals surface area contributed by atoms with Gasteiger partial charge in [0.2, 0.25) is 5.78 Å². The van der Waals surface area contributed by atoms with Crippen LogP contribution in [-0.2, 0) is 4.79 Å². The van der Waals surface area contributed by atoms with Gasteiger partial charge < -0.3 is 9.47 Å². The largest absolute Gasteiger partial charge is 0.452 e. The lowest BCUT2D eigenvalue weighted by Crippen LogP contribution is -2.17. The van der Waals surface area contributed by atoms with Crippen molar-refractivity contribution in [1.29, 1.82) is 0 Å². The molecule has 0 saturated carbocycles. The summed E-state index contributed by atoms with van der Waals surface area (Å²) < 4.78 is 10.9. The molecule has 0 bridgehead atoms. The van der Waals surface area contributed by atoms with Gasteiger partial charge in [-0.1, -0.05) is 29.3 Å². The van der Waals surface area contributed by atoms with Crippen molar-refractivity contribution >= 4 is 52.6 Å². The van der Waals surface area contributed by atoms with Crippen LogP contribution in [0.1, 0.15) is 28.4 Å². The number of ether oxygens (including phenoxy) is 2. The Morgan fingerprint density at radius 2 is 1.88 bits per heavy atom.